The van der Waals surface area contributed by atoms with E-state index in [1.165, 1.54) is 0 Å². The lowest BCUT2D eigenvalue weighted by Gasteiger charge is -2.35. The zero-order valence-corrected chi connectivity index (χ0v) is 18.6. The first-order chi connectivity index (χ1) is 16.0. The van der Waals surface area contributed by atoms with E-state index in [9.17, 15) is 14.7 Å². The quantitative estimate of drug-likeness (QED) is 0.556. The first-order valence-electron chi connectivity index (χ1n) is 11.4. The SMILES string of the molecule is COc1ccc(C2(C(=O)N3C[C@H](O)C[C@@H]3C(=O)Nc3cccc4[nH]ncc34)CCCC2)cc1. The number of aromatic amines is 1. The molecule has 2 aromatic carbocycles. The molecule has 33 heavy (non-hydrogen) atoms. The minimum Gasteiger partial charge on any atom is -0.497 e. The Kier molecular flexibility index (Phi) is 5.54. The smallest absolute Gasteiger partial charge is 0.247 e. The standard InChI is InChI=1S/C25H28N4O4/c1-33-18-9-7-16(8-10-18)25(11-2-3-12-25)24(32)29-15-17(30)13-22(29)23(31)27-20-5-4-6-21-19(20)14-26-28-21/h4-10,14,17,22,30H,2-3,11-13,15H2,1H3,(H,26,28)(H,27,31)/t17-,22-/m1/s1. The number of hydrogen-bond donors (Lipinski definition) is 3. The summed E-state index contributed by atoms with van der Waals surface area (Å²) in [5, 5.41) is 21.1. The van der Waals surface area contributed by atoms with E-state index in [1.807, 2.05) is 42.5 Å². The van der Waals surface area contributed by atoms with E-state index in [4.69, 9.17) is 4.74 Å². The summed E-state index contributed by atoms with van der Waals surface area (Å²) in [5.74, 6) is 0.362. The third-order valence-corrected chi connectivity index (χ3v) is 7.09. The van der Waals surface area contributed by atoms with Crippen molar-refractivity contribution in [3.05, 3.63) is 54.2 Å². The molecule has 0 unspecified atom stereocenters. The molecule has 2 heterocycles. The summed E-state index contributed by atoms with van der Waals surface area (Å²) in [6.07, 6.45) is 4.51. The zero-order chi connectivity index (χ0) is 23.0. The number of H-pyrrole nitrogens is 1. The van der Waals surface area contributed by atoms with Crippen molar-refractivity contribution in [3.8, 4) is 5.75 Å². The maximum absolute atomic E-state index is 14.0. The number of ether oxygens (including phenoxy) is 1. The normalized spacial score (nSPS) is 21.9. The largest absolute Gasteiger partial charge is 0.497 e. The van der Waals surface area contributed by atoms with Gasteiger partial charge in [-0.1, -0.05) is 31.0 Å². The summed E-state index contributed by atoms with van der Waals surface area (Å²) in [7, 11) is 1.62. The number of methoxy groups -OCH3 is 1. The van der Waals surface area contributed by atoms with E-state index in [0.29, 0.717) is 5.69 Å². The average Bonchev–Trinajstić information content (AvgIpc) is 3.59. The number of carbonyl (C=O) groups is 2. The van der Waals surface area contributed by atoms with Crippen LogP contribution in [-0.2, 0) is 15.0 Å². The number of hydrogen-bond acceptors (Lipinski definition) is 5. The molecule has 1 aromatic heterocycles. The van der Waals surface area contributed by atoms with Crippen LogP contribution < -0.4 is 10.1 Å². The predicted molar refractivity (Wildman–Crippen MR) is 124 cm³/mol. The van der Waals surface area contributed by atoms with Crippen molar-refractivity contribution in [2.75, 3.05) is 19.0 Å². The Labute approximate surface area is 191 Å². The molecular formula is C25H28N4O4. The number of carbonyl (C=O) groups excluding carboxylic acids is 2. The average molecular weight is 449 g/mol. The van der Waals surface area contributed by atoms with E-state index in [-0.39, 0.29) is 24.8 Å². The lowest BCUT2D eigenvalue weighted by molar-refractivity contribution is -0.141. The molecule has 5 rings (SSSR count). The van der Waals surface area contributed by atoms with Gasteiger partial charge in [0.15, 0.2) is 0 Å². The highest BCUT2D eigenvalue weighted by atomic mass is 16.5. The second-order valence-corrected chi connectivity index (χ2v) is 9.01. The Morgan fingerprint density at radius 2 is 1.94 bits per heavy atom. The zero-order valence-electron chi connectivity index (χ0n) is 18.6. The van der Waals surface area contributed by atoms with Gasteiger partial charge in [-0.3, -0.25) is 14.7 Å². The van der Waals surface area contributed by atoms with Crippen molar-refractivity contribution in [2.45, 2.75) is 49.7 Å². The molecule has 2 atom stereocenters. The van der Waals surface area contributed by atoms with Gasteiger partial charge in [-0.15, -0.1) is 0 Å². The number of anilines is 1. The van der Waals surface area contributed by atoms with Crippen molar-refractivity contribution in [2.24, 2.45) is 0 Å². The van der Waals surface area contributed by atoms with Crippen LogP contribution in [0.1, 0.15) is 37.7 Å². The van der Waals surface area contributed by atoms with Crippen molar-refractivity contribution >= 4 is 28.4 Å². The summed E-state index contributed by atoms with van der Waals surface area (Å²) >= 11 is 0. The molecule has 2 aliphatic rings. The maximum Gasteiger partial charge on any atom is 0.247 e. The van der Waals surface area contributed by atoms with Gasteiger partial charge in [-0.25, -0.2) is 0 Å². The molecule has 2 amide bonds. The molecule has 1 saturated carbocycles. The molecule has 3 N–H and O–H groups in total. The molecule has 1 aliphatic heterocycles. The van der Waals surface area contributed by atoms with Crippen LogP contribution >= 0.6 is 0 Å². The molecule has 8 nitrogen and oxygen atoms in total. The van der Waals surface area contributed by atoms with Crippen molar-refractivity contribution in [1.29, 1.82) is 0 Å². The van der Waals surface area contributed by atoms with E-state index >= 15 is 0 Å². The third kappa shape index (κ3) is 3.74. The highest BCUT2D eigenvalue weighted by Gasteiger charge is 2.50. The van der Waals surface area contributed by atoms with Crippen molar-refractivity contribution in [3.63, 3.8) is 0 Å². The molecule has 0 spiro atoms. The second kappa shape index (κ2) is 8.51. The highest BCUT2D eigenvalue weighted by Crippen LogP contribution is 2.44. The van der Waals surface area contributed by atoms with E-state index < -0.39 is 17.6 Å². The van der Waals surface area contributed by atoms with Crippen LogP contribution in [0.3, 0.4) is 0 Å². The molecule has 2 fully saturated rings. The number of rotatable bonds is 5. The van der Waals surface area contributed by atoms with Gasteiger partial charge in [0, 0.05) is 18.4 Å². The van der Waals surface area contributed by atoms with Gasteiger partial charge in [-0.05, 0) is 42.7 Å². The number of benzene rings is 2. The fourth-order valence-corrected chi connectivity index (χ4v) is 5.37. The summed E-state index contributed by atoms with van der Waals surface area (Å²) in [4.78, 5) is 28.9. The summed E-state index contributed by atoms with van der Waals surface area (Å²) < 4.78 is 5.28. The minimum absolute atomic E-state index is 0.0802. The molecule has 0 radical (unpaired) electrons. The number of fused-ring (bicyclic) bond motifs is 1. The Balaban J connectivity index is 1.43. The number of nitrogens with zero attached hydrogens (tertiary/aromatic N) is 2. The van der Waals surface area contributed by atoms with Crippen molar-refractivity contribution in [1.82, 2.24) is 15.1 Å². The number of nitrogens with one attached hydrogen (secondary N) is 2. The Morgan fingerprint density at radius 1 is 1.18 bits per heavy atom. The van der Waals surface area contributed by atoms with Crippen LogP contribution in [0.4, 0.5) is 5.69 Å². The van der Waals surface area contributed by atoms with Crippen LogP contribution in [0.25, 0.3) is 10.9 Å². The number of aliphatic hydroxyl groups excluding tert-OH is 1. The molecular weight excluding hydrogens is 420 g/mol. The fraction of sp³-hybridized carbons (Fsp3) is 0.400. The number of aromatic nitrogens is 2. The maximum atomic E-state index is 14.0. The van der Waals surface area contributed by atoms with E-state index in [0.717, 1.165) is 47.9 Å². The Bertz CT molecular complexity index is 1170. The molecule has 1 aliphatic carbocycles. The third-order valence-electron chi connectivity index (χ3n) is 7.09. The lowest BCUT2D eigenvalue weighted by atomic mass is 9.77. The monoisotopic (exact) mass is 448 g/mol. The van der Waals surface area contributed by atoms with Crippen LogP contribution in [0, 0.1) is 0 Å². The summed E-state index contributed by atoms with van der Waals surface area (Å²) in [6.45, 7) is 0.157. The molecule has 0 bridgehead atoms. The van der Waals surface area contributed by atoms with E-state index in [2.05, 4.69) is 15.5 Å². The number of likely N-dealkylation sites (tertiary alicyclic amines) is 1. The first-order valence-corrected chi connectivity index (χ1v) is 11.4. The topological polar surface area (TPSA) is 108 Å². The minimum atomic E-state index is -0.733. The van der Waals surface area contributed by atoms with Gasteiger partial charge >= 0.3 is 0 Å². The van der Waals surface area contributed by atoms with Gasteiger partial charge in [0.05, 0.1) is 36.0 Å². The van der Waals surface area contributed by atoms with Gasteiger partial charge in [0.2, 0.25) is 11.8 Å². The molecule has 1 saturated heterocycles. The van der Waals surface area contributed by atoms with Crippen LogP contribution in [0.15, 0.2) is 48.7 Å². The first kappa shape index (κ1) is 21.5. The van der Waals surface area contributed by atoms with Gasteiger partial charge in [-0.2, -0.15) is 5.10 Å². The van der Waals surface area contributed by atoms with Gasteiger partial charge in [0.1, 0.15) is 11.8 Å². The highest BCUT2D eigenvalue weighted by molar-refractivity contribution is 6.04. The number of amides is 2. The van der Waals surface area contributed by atoms with Gasteiger partial charge in [0.25, 0.3) is 0 Å². The van der Waals surface area contributed by atoms with Crippen LogP contribution in [0.2, 0.25) is 0 Å². The van der Waals surface area contributed by atoms with Crippen LogP contribution in [-0.4, -0.2) is 57.8 Å². The molecule has 172 valence electrons. The summed E-state index contributed by atoms with van der Waals surface area (Å²) in [5.41, 5.74) is 1.70. The van der Waals surface area contributed by atoms with Gasteiger partial charge < -0.3 is 20.1 Å². The molecule has 3 aromatic rings. The van der Waals surface area contributed by atoms with Crippen molar-refractivity contribution < 1.29 is 19.4 Å². The Hall–Kier alpha value is -3.39. The summed E-state index contributed by atoms with van der Waals surface area (Å²) in [6, 6.07) is 12.4. The van der Waals surface area contributed by atoms with Crippen LogP contribution in [0.5, 0.6) is 5.75 Å². The fourth-order valence-electron chi connectivity index (χ4n) is 5.37. The number of aliphatic hydroxyl groups is 1. The Morgan fingerprint density at radius 3 is 2.67 bits per heavy atom. The molecule has 8 heteroatoms. The predicted octanol–water partition coefficient (Wildman–Crippen LogP) is 2.98. The van der Waals surface area contributed by atoms with E-state index in [1.54, 1.807) is 18.2 Å². The lowest BCUT2D eigenvalue weighted by Crippen LogP contribution is -2.51. The second-order valence-electron chi connectivity index (χ2n) is 9.01. The number of β-amino-alcohol motifs (C(OH)–C–C–N with tert-alkyl or cyclic N) is 1.